The molecule has 4 rings (SSSR count). The highest BCUT2D eigenvalue weighted by molar-refractivity contribution is 7.92. The van der Waals surface area contributed by atoms with E-state index in [2.05, 4.69) is 9.88 Å². The molecule has 1 fully saturated rings. The number of anilines is 1. The molecule has 0 aliphatic carbocycles. The van der Waals surface area contributed by atoms with Gasteiger partial charge < -0.3 is 4.90 Å². The standard InChI is InChI=1S/C21H19Cl2FN2O2S2/c1-13-2-4-15(24)11-20(13)30(27,28)16-6-8-26(9-7-16)21-25-19(12-29-21)14-3-5-17(22)18(23)10-14/h2-5,10-12,16H,6-9H2,1H3. The predicted molar refractivity (Wildman–Crippen MR) is 121 cm³/mol. The van der Waals surface area contributed by atoms with Gasteiger partial charge in [-0.1, -0.05) is 35.3 Å². The highest BCUT2D eigenvalue weighted by Gasteiger charge is 2.33. The molecule has 0 amide bonds. The first-order chi connectivity index (χ1) is 14.3. The number of benzene rings is 2. The molecule has 0 atom stereocenters. The number of halogens is 3. The van der Waals surface area contributed by atoms with Gasteiger partial charge in [0.25, 0.3) is 0 Å². The summed E-state index contributed by atoms with van der Waals surface area (Å²) in [5, 5.41) is 3.24. The molecule has 1 aliphatic rings. The highest BCUT2D eigenvalue weighted by atomic mass is 35.5. The lowest BCUT2D eigenvalue weighted by Gasteiger charge is -2.31. The minimum atomic E-state index is -3.58. The normalized spacial score (nSPS) is 15.5. The van der Waals surface area contributed by atoms with Gasteiger partial charge in [0.2, 0.25) is 0 Å². The van der Waals surface area contributed by atoms with Gasteiger partial charge in [-0.25, -0.2) is 17.8 Å². The Morgan fingerprint density at radius 2 is 1.83 bits per heavy atom. The summed E-state index contributed by atoms with van der Waals surface area (Å²) in [6, 6.07) is 9.31. The largest absolute Gasteiger partial charge is 0.348 e. The van der Waals surface area contributed by atoms with Crippen LogP contribution in [0.1, 0.15) is 18.4 Å². The fraction of sp³-hybridized carbons (Fsp3) is 0.286. The van der Waals surface area contributed by atoms with E-state index in [0.29, 0.717) is 41.5 Å². The second kappa shape index (κ2) is 8.46. The van der Waals surface area contributed by atoms with Crippen LogP contribution in [0.3, 0.4) is 0 Å². The van der Waals surface area contributed by atoms with Crippen LogP contribution < -0.4 is 4.90 Å². The van der Waals surface area contributed by atoms with E-state index in [0.717, 1.165) is 22.5 Å². The van der Waals surface area contributed by atoms with Gasteiger partial charge >= 0.3 is 0 Å². The third-order valence-electron chi connectivity index (χ3n) is 5.32. The number of piperidine rings is 1. The van der Waals surface area contributed by atoms with E-state index >= 15 is 0 Å². The number of aryl methyl sites for hydroxylation is 1. The average molecular weight is 485 g/mol. The predicted octanol–water partition coefficient (Wildman–Crippen LogP) is 6.01. The van der Waals surface area contributed by atoms with E-state index in [9.17, 15) is 12.8 Å². The van der Waals surface area contributed by atoms with Crippen molar-refractivity contribution in [2.75, 3.05) is 18.0 Å². The Balaban J connectivity index is 1.48. The maximum atomic E-state index is 13.6. The SMILES string of the molecule is Cc1ccc(F)cc1S(=O)(=O)C1CCN(c2nc(-c3ccc(Cl)c(Cl)c3)cs2)CC1. The monoisotopic (exact) mass is 484 g/mol. The Bertz CT molecular complexity index is 1190. The molecule has 1 saturated heterocycles. The number of sulfone groups is 1. The summed E-state index contributed by atoms with van der Waals surface area (Å²) in [5.41, 5.74) is 2.26. The first kappa shape index (κ1) is 21.6. The quantitative estimate of drug-likeness (QED) is 0.455. The molecular formula is C21H19Cl2FN2O2S2. The Morgan fingerprint density at radius 1 is 1.10 bits per heavy atom. The first-order valence-electron chi connectivity index (χ1n) is 9.41. The zero-order valence-electron chi connectivity index (χ0n) is 16.1. The summed E-state index contributed by atoms with van der Waals surface area (Å²) in [6.45, 7) is 2.85. The van der Waals surface area contributed by atoms with E-state index in [1.54, 1.807) is 19.1 Å². The van der Waals surface area contributed by atoms with Crippen LogP contribution in [-0.4, -0.2) is 31.7 Å². The molecule has 2 heterocycles. The van der Waals surface area contributed by atoms with Gasteiger partial charge in [0.05, 0.1) is 25.9 Å². The molecule has 0 bridgehead atoms. The van der Waals surface area contributed by atoms with E-state index in [-0.39, 0.29) is 4.90 Å². The Hall–Kier alpha value is -1.67. The van der Waals surface area contributed by atoms with E-state index < -0.39 is 20.9 Å². The van der Waals surface area contributed by atoms with Crippen LogP contribution in [0.15, 0.2) is 46.7 Å². The zero-order valence-corrected chi connectivity index (χ0v) is 19.3. The maximum Gasteiger partial charge on any atom is 0.185 e. The van der Waals surface area contributed by atoms with Gasteiger partial charge in [-0.2, -0.15) is 0 Å². The molecule has 0 radical (unpaired) electrons. The minimum Gasteiger partial charge on any atom is -0.348 e. The fourth-order valence-corrected chi connectivity index (χ4v) is 6.79. The summed E-state index contributed by atoms with van der Waals surface area (Å²) >= 11 is 13.6. The summed E-state index contributed by atoms with van der Waals surface area (Å²) in [5.74, 6) is -0.533. The average Bonchev–Trinajstić information content (AvgIpc) is 3.22. The second-order valence-corrected chi connectivity index (χ2v) is 11.1. The van der Waals surface area contributed by atoms with E-state index in [1.165, 1.54) is 23.5 Å². The number of thiazole rings is 1. The molecule has 1 aliphatic heterocycles. The van der Waals surface area contributed by atoms with Crippen molar-refractivity contribution in [2.45, 2.75) is 29.9 Å². The zero-order chi connectivity index (χ0) is 21.5. The first-order valence-corrected chi connectivity index (χ1v) is 12.6. The second-order valence-electron chi connectivity index (χ2n) is 7.29. The molecular weight excluding hydrogens is 466 g/mol. The number of hydrogen-bond acceptors (Lipinski definition) is 5. The molecule has 30 heavy (non-hydrogen) atoms. The molecule has 0 saturated carbocycles. The van der Waals surface area contributed by atoms with Gasteiger partial charge in [-0.05, 0) is 49.6 Å². The Kier molecular flexibility index (Phi) is 6.08. The molecule has 9 heteroatoms. The fourth-order valence-electron chi connectivity index (χ4n) is 3.61. The topological polar surface area (TPSA) is 50.3 Å². The molecule has 3 aromatic rings. The molecule has 1 aromatic heterocycles. The van der Waals surface area contributed by atoms with Crippen molar-refractivity contribution in [3.8, 4) is 11.3 Å². The number of nitrogens with zero attached hydrogens (tertiary/aromatic N) is 2. The lowest BCUT2D eigenvalue weighted by molar-refractivity contribution is 0.528. The van der Waals surface area contributed by atoms with Crippen LogP contribution in [-0.2, 0) is 9.84 Å². The van der Waals surface area contributed by atoms with Gasteiger partial charge in [-0.3, -0.25) is 0 Å². The van der Waals surface area contributed by atoms with Gasteiger partial charge in [0, 0.05) is 24.0 Å². The molecule has 0 spiro atoms. The van der Waals surface area contributed by atoms with Crippen molar-refractivity contribution < 1.29 is 12.8 Å². The van der Waals surface area contributed by atoms with E-state index in [1.807, 2.05) is 11.4 Å². The van der Waals surface area contributed by atoms with Crippen LogP contribution in [0, 0.1) is 12.7 Å². The van der Waals surface area contributed by atoms with Gasteiger partial charge in [0.1, 0.15) is 5.82 Å². The molecule has 0 unspecified atom stereocenters. The van der Waals surface area contributed by atoms with Crippen LogP contribution in [0.5, 0.6) is 0 Å². The van der Waals surface area contributed by atoms with Crippen molar-refractivity contribution in [2.24, 2.45) is 0 Å². The van der Waals surface area contributed by atoms with Crippen LogP contribution in [0.2, 0.25) is 10.0 Å². The maximum absolute atomic E-state index is 13.6. The van der Waals surface area contributed by atoms with Crippen LogP contribution in [0.4, 0.5) is 9.52 Å². The van der Waals surface area contributed by atoms with Crippen LogP contribution >= 0.6 is 34.5 Å². The smallest absolute Gasteiger partial charge is 0.185 e. The summed E-state index contributed by atoms with van der Waals surface area (Å²) in [7, 11) is -3.58. The lowest BCUT2D eigenvalue weighted by Crippen LogP contribution is -2.39. The van der Waals surface area contributed by atoms with Crippen molar-refractivity contribution in [1.29, 1.82) is 0 Å². The third kappa shape index (κ3) is 4.21. The van der Waals surface area contributed by atoms with E-state index in [4.69, 9.17) is 23.2 Å². The molecule has 0 N–H and O–H groups in total. The molecule has 158 valence electrons. The van der Waals surface area contributed by atoms with Crippen molar-refractivity contribution in [3.63, 3.8) is 0 Å². The molecule has 4 nitrogen and oxygen atoms in total. The lowest BCUT2D eigenvalue weighted by atomic mass is 10.1. The highest BCUT2D eigenvalue weighted by Crippen LogP contribution is 2.34. The number of hydrogen-bond donors (Lipinski definition) is 0. The Labute approximate surface area is 189 Å². The number of aromatic nitrogens is 1. The summed E-state index contributed by atoms with van der Waals surface area (Å²) in [4.78, 5) is 6.88. The minimum absolute atomic E-state index is 0.0945. The molecule has 2 aromatic carbocycles. The van der Waals surface area contributed by atoms with Crippen LogP contribution in [0.25, 0.3) is 11.3 Å². The van der Waals surface area contributed by atoms with Crippen molar-refractivity contribution >= 4 is 49.5 Å². The van der Waals surface area contributed by atoms with Crippen molar-refractivity contribution in [3.05, 3.63) is 63.2 Å². The third-order valence-corrected chi connectivity index (χ3v) is 9.36. The Morgan fingerprint density at radius 3 is 2.53 bits per heavy atom. The van der Waals surface area contributed by atoms with Gasteiger partial charge in [-0.15, -0.1) is 11.3 Å². The summed E-state index contributed by atoms with van der Waals surface area (Å²) in [6.07, 6.45) is 0.944. The number of rotatable bonds is 4. The summed E-state index contributed by atoms with van der Waals surface area (Å²) < 4.78 is 39.7. The van der Waals surface area contributed by atoms with Crippen molar-refractivity contribution in [1.82, 2.24) is 4.98 Å². The van der Waals surface area contributed by atoms with Gasteiger partial charge in [0.15, 0.2) is 15.0 Å².